The number of ether oxygens (including phenoxy) is 2. The number of rotatable bonds is 10. The first-order valence-corrected chi connectivity index (χ1v) is 9.98. The standard InChI is InChI=1S/C23H28N4O5/c1-15(2)26-23(30)27-18-8-4-17(5-9-18)13-25-22(29)11-7-16-6-10-19(20(12-16)31-3)32-14-21(24)28/h4-12,15H,13-14H2,1-3H3,(H2,24,28)(H,25,29)(H2,26,27,30). The molecule has 0 saturated heterocycles. The maximum absolute atomic E-state index is 12.1. The molecular formula is C23H28N4O5. The van der Waals surface area contributed by atoms with Gasteiger partial charge in [0.15, 0.2) is 18.1 Å². The first kappa shape index (κ1) is 24.3. The van der Waals surface area contributed by atoms with Crippen molar-refractivity contribution < 1.29 is 23.9 Å². The zero-order valence-electron chi connectivity index (χ0n) is 18.3. The molecular weight excluding hydrogens is 412 g/mol. The van der Waals surface area contributed by atoms with Crippen molar-refractivity contribution in [1.82, 2.24) is 10.6 Å². The van der Waals surface area contributed by atoms with Crippen LogP contribution in [-0.4, -0.2) is 37.6 Å². The third kappa shape index (κ3) is 8.39. The van der Waals surface area contributed by atoms with Crippen molar-refractivity contribution in [3.05, 3.63) is 59.7 Å². The minimum absolute atomic E-state index is 0.0479. The SMILES string of the molecule is COc1cc(C=CC(=O)NCc2ccc(NC(=O)NC(C)C)cc2)ccc1OCC(N)=O. The molecule has 2 rings (SSSR count). The molecule has 5 N–H and O–H groups in total. The second kappa shape index (κ2) is 12.0. The van der Waals surface area contributed by atoms with Crippen LogP contribution in [0.5, 0.6) is 11.5 Å². The van der Waals surface area contributed by atoms with Crippen molar-refractivity contribution in [1.29, 1.82) is 0 Å². The Morgan fingerprint density at radius 1 is 1.06 bits per heavy atom. The molecule has 0 saturated carbocycles. The highest BCUT2D eigenvalue weighted by atomic mass is 16.5. The highest BCUT2D eigenvalue weighted by Crippen LogP contribution is 2.28. The van der Waals surface area contributed by atoms with Crippen molar-refractivity contribution in [2.45, 2.75) is 26.4 Å². The maximum Gasteiger partial charge on any atom is 0.319 e. The van der Waals surface area contributed by atoms with E-state index in [-0.39, 0.29) is 24.6 Å². The van der Waals surface area contributed by atoms with Gasteiger partial charge in [0, 0.05) is 24.4 Å². The first-order valence-electron chi connectivity index (χ1n) is 9.98. The number of benzene rings is 2. The summed E-state index contributed by atoms with van der Waals surface area (Å²) < 4.78 is 10.5. The number of carbonyl (C=O) groups is 3. The molecule has 170 valence electrons. The van der Waals surface area contributed by atoms with Gasteiger partial charge in [-0.1, -0.05) is 18.2 Å². The van der Waals surface area contributed by atoms with E-state index in [0.29, 0.717) is 23.7 Å². The Morgan fingerprint density at radius 2 is 1.78 bits per heavy atom. The van der Waals surface area contributed by atoms with Crippen molar-refractivity contribution in [3.8, 4) is 11.5 Å². The van der Waals surface area contributed by atoms with Crippen LogP contribution >= 0.6 is 0 Å². The van der Waals surface area contributed by atoms with Crippen LogP contribution in [0.15, 0.2) is 48.5 Å². The number of nitrogens with two attached hydrogens (primary N) is 1. The molecule has 0 unspecified atom stereocenters. The molecule has 0 radical (unpaired) electrons. The number of nitrogens with one attached hydrogen (secondary N) is 3. The lowest BCUT2D eigenvalue weighted by Crippen LogP contribution is -2.34. The normalized spacial score (nSPS) is 10.6. The van der Waals surface area contributed by atoms with Crippen LogP contribution in [0.25, 0.3) is 6.08 Å². The molecule has 0 atom stereocenters. The minimum atomic E-state index is -0.588. The van der Waals surface area contributed by atoms with Crippen LogP contribution in [-0.2, 0) is 16.1 Å². The van der Waals surface area contributed by atoms with E-state index in [1.807, 2.05) is 26.0 Å². The van der Waals surface area contributed by atoms with E-state index in [1.165, 1.54) is 13.2 Å². The van der Waals surface area contributed by atoms with Crippen LogP contribution in [0.3, 0.4) is 0 Å². The van der Waals surface area contributed by atoms with E-state index >= 15 is 0 Å². The van der Waals surface area contributed by atoms with Gasteiger partial charge in [-0.3, -0.25) is 9.59 Å². The molecule has 2 aromatic carbocycles. The molecule has 0 aliphatic carbocycles. The van der Waals surface area contributed by atoms with Crippen molar-refractivity contribution in [3.63, 3.8) is 0 Å². The first-order chi connectivity index (χ1) is 15.3. The predicted octanol–water partition coefficient (Wildman–Crippen LogP) is 2.42. The lowest BCUT2D eigenvalue weighted by atomic mass is 10.2. The van der Waals surface area contributed by atoms with Gasteiger partial charge in [-0.05, 0) is 55.3 Å². The van der Waals surface area contributed by atoms with E-state index in [4.69, 9.17) is 15.2 Å². The number of hydrogen-bond acceptors (Lipinski definition) is 5. The Bertz CT molecular complexity index is 971. The van der Waals surface area contributed by atoms with Gasteiger partial charge in [-0.15, -0.1) is 0 Å². The summed E-state index contributed by atoms with van der Waals surface area (Å²) >= 11 is 0. The third-order valence-corrected chi connectivity index (χ3v) is 4.08. The summed E-state index contributed by atoms with van der Waals surface area (Å²) in [6.07, 6.45) is 3.04. The van der Waals surface area contributed by atoms with Crippen molar-refractivity contribution >= 4 is 29.6 Å². The molecule has 0 aliphatic heterocycles. The number of carbonyl (C=O) groups excluding carboxylic acids is 3. The van der Waals surface area contributed by atoms with Gasteiger partial charge in [-0.25, -0.2) is 4.79 Å². The smallest absolute Gasteiger partial charge is 0.319 e. The third-order valence-electron chi connectivity index (χ3n) is 4.08. The van der Waals surface area contributed by atoms with Crippen LogP contribution in [0.1, 0.15) is 25.0 Å². The number of methoxy groups -OCH3 is 1. The fraction of sp³-hybridized carbons (Fsp3) is 0.261. The zero-order valence-corrected chi connectivity index (χ0v) is 18.3. The Labute approximate surface area is 187 Å². The molecule has 32 heavy (non-hydrogen) atoms. The van der Waals surface area contributed by atoms with Crippen LogP contribution in [0.2, 0.25) is 0 Å². The summed E-state index contributed by atoms with van der Waals surface area (Å²) in [4.78, 5) is 34.7. The van der Waals surface area contributed by atoms with Gasteiger partial charge in [0.25, 0.3) is 5.91 Å². The molecule has 4 amide bonds. The molecule has 0 aliphatic rings. The Balaban J connectivity index is 1.87. The molecule has 9 heteroatoms. The fourth-order valence-electron chi connectivity index (χ4n) is 2.61. The molecule has 9 nitrogen and oxygen atoms in total. The lowest BCUT2D eigenvalue weighted by Gasteiger charge is -2.10. The van der Waals surface area contributed by atoms with Gasteiger partial charge < -0.3 is 31.2 Å². The topological polar surface area (TPSA) is 132 Å². The summed E-state index contributed by atoms with van der Waals surface area (Å²) in [5.41, 5.74) is 7.35. The monoisotopic (exact) mass is 440 g/mol. The molecule has 2 aromatic rings. The van der Waals surface area contributed by atoms with Gasteiger partial charge in [0.1, 0.15) is 0 Å². The Hall–Kier alpha value is -4.01. The number of urea groups is 1. The molecule has 0 heterocycles. The average Bonchev–Trinajstić information content (AvgIpc) is 2.75. The fourth-order valence-corrected chi connectivity index (χ4v) is 2.61. The Kier molecular flexibility index (Phi) is 9.09. The summed E-state index contributed by atoms with van der Waals surface area (Å²) in [6.45, 7) is 3.85. The highest BCUT2D eigenvalue weighted by molar-refractivity contribution is 5.92. The molecule has 0 bridgehead atoms. The van der Waals surface area contributed by atoms with E-state index in [9.17, 15) is 14.4 Å². The van der Waals surface area contributed by atoms with Crippen molar-refractivity contribution in [2.24, 2.45) is 5.73 Å². The predicted molar refractivity (Wildman–Crippen MR) is 122 cm³/mol. The number of primary amides is 1. The second-order valence-electron chi connectivity index (χ2n) is 7.17. The highest BCUT2D eigenvalue weighted by Gasteiger charge is 2.07. The number of anilines is 1. The summed E-state index contributed by atoms with van der Waals surface area (Å²) in [6, 6.07) is 12.0. The van der Waals surface area contributed by atoms with Crippen LogP contribution in [0, 0.1) is 0 Å². The second-order valence-corrected chi connectivity index (χ2v) is 7.17. The van der Waals surface area contributed by atoms with Gasteiger partial charge in [0.2, 0.25) is 5.91 Å². The van der Waals surface area contributed by atoms with E-state index < -0.39 is 5.91 Å². The van der Waals surface area contributed by atoms with E-state index in [1.54, 1.807) is 36.4 Å². The minimum Gasteiger partial charge on any atom is -0.493 e. The molecule has 0 fully saturated rings. The van der Waals surface area contributed by atoms with Crippen LogP contribution < -0.4 is 31.2 Å². The average molecular weight is 441 g/mol. The zero-order chi connectivity index (χ0) is 23.5. The quantitative estimate of drug-likeness (QED) is 0.421. The van der Waals surface area contributed by atoms with Gasteiger partial charge >= 0.3 is 6.03 Å². The van der Waals surface area contributed by atoms with E-state index in [0.717, 1.165) is 11.1 Å². The van der Waals surface area contributed by atoms with Gasteiger partial charge in [-0.2, -0.15) is 0 Å². The molecule has 0 spiro atoms. The summed E-state index contributed by atoms with van der Waals surface area (Å²) in [7, 11) is 1.48. The van der Waals surface area contributed by atoms with E-state index in [2.05, 4.69) is 16.0 Å². The van der Waals surface area contributed by atoms with Gasteiger partial charge in [0.05, 0.1) is 7.11 Å². The lowest BCUT2D eigenvalue weighted by molar-refractivity contribution is -0.120. The number of hydrogen-bond donors (Lipinski definition) is 4. The summed E-state index contributed by atoms with van der Waals surface area (Å²) in [5.74, 6) is -0.0520. The number of amides is 4. The largest absolute Gasteiger partial charge is 0.493 e. The molecule has 0 aromatic heterocycles. The van der Waals surface area contributed by atoms with Crippen LogP contribution in [0.4, 0.5) is 10.5 Å². The maximum atomic E-state index is 12.1. The summed E-state index contributed by atoms with van der Waals surface area (Å²) in [5, 5.41) is 8.28. The van der Waals surface area contributed by atoms with Crippen molar-refractivity contribution in [2.75, 3.05) is 19.0 Å². The Morgan fingerprint density at radius 3 is 2.41 bits per heavy atom.